The summed E-state index contributed by atoms with van der Waals surface area (Å²) < 4.78 is 42.5. The van der Waals surface area contributed by atoms with Crippen LogP contribution in [0.15, 0.2) is 24.3 Å². The van der Waals surface area contributed by atoms with Crippen LogP contribution in [0.2, 0.25) is 0 Å². The molecular weight excluding hydrogens is 303 g/mol. The predicted octanol–water partition coefficient (Wildman–Crippen LogP) is 2.31. The molecule has 0 aliphatic carbocycles. The van der Waals surface area contributed by atoms with Crippen LogP contribution in [0.25, 0.3) is 0 Å². The Bertz CT molecular complexity index is 531. The molecule has 8 heteroatoms. The fourth-order valence-electron chi connectivity index (χ4n) is 1.62. The summed E-state index contributed by atoms with van der Waals surface area (Å²) in [5.74, 6) is -1.82. The first-order valence-corrected chi connectivity index (χ1v) is 6.47. The molecule has 0 saturated carbocycles. The van der Waals surface area contributed by atoms with Crippen LogP contribution < -0.4 is 10.1 Å². The highest BCUT2D eigenvalue weighted by atomic mass is 19.4. The number of nitrogens with one attached hydrogen (secondary N) is 1. The monoisotopic (exact) mass is 319 g/mol. The van der Waals surface area contributed by atoms with Crippen molar-refractivity contribution in [2.45, 2.75) is 19.5 Å². The zero-order valence-electron chi connectivity index (χ0n) is 11.8. The molecule has 122 valence electrons. The zero-order chi connectivity index (χ0) is 16.8. The van der Waals surface area contributed by atoms with Gasteiger partial charge in [0.15, 0.2) is 6.61 Å². The van der Waals surface area contributed by atoms with Crippen LogP contribution in [-0.4, -0.2) is 30.1 Å². The molecule has 0 fully saturated rings. The molecule has 22 heavy (non-hydrogen) atoms. The third-order valence-corrected chi connectivity index (χ3v) is 2.70. The quantitative estimate of drug-likeness (QED) is 0.809. The minimum absolute atomic E-state index is 0.0661. The van der Waals surface area contributed by atoms with Gasteiger partial charge >= 0.3 is 12.1 Å². The van der Waals surface area contributed by atoms with Crippen LogP contribution in [0.1, 0.15) is 18.9 Å². The first kappa shape index (κ1) is 17.8. The second-order valence-electron chi connectivity index (χ2n) is 4.82. The van der Waals surface area contributed by atoms with Crippen LogP contribution in [0.3, 0.4) is 0 Å². The topological polar surface area (TPSA) is 75.6 Å². The maximum Gasteiger partial charge on any atom is 0.416 e. The first-order valence-electron chi connectivity index (χ1n) is 6.47. The summed E-state index contributed by atoms with van der Waals surface area (Å²) in [5, 5.41) is 11.0. The van der Waals surface area contributed by atoms with E-state index in [9.17, 15) is 22.8 Å². The van der Waals surface area contributed by atoms with E-state index in [1.807, 2.05) is 0 Å². The van der Waals surface area contributed by atoms with E-state index >= 15 is 0 Å². The van der Waals surface area contributed by atoms with Crippen LogP contribution in [-0.2, 0) is 15.8 Å². The summed E-state index contributed by atoms with van der Waals surface area (Å²) in [6.45, 7) is 1.36. The standard InChI is InChI=1S/C14H16F3NO4/c1-9(5-13(20)21)7-18-12(19)8-22-11-4-2-3-10(6-11)14(15,16)17/h2-4,6,9H,5,7-8H2,1H3,(H,18,19)(H,20,21). The highest BCUT2D eigenvalue weighted by molar-refractivity contribution is 5.77. The number of carboxylic acid groups (broad SMARTS) is 1. The van der Waals surface area contributed by atoms with Crippen molar-refractivity contribution in [3.63, 3.8) is 0 Å². The number of ether oxygens (including phenoxy) is 1. The van der Waals surface area contributed by atoms with Crippen LogP contribution in [0.5, 0.6) is 5.75 Å². The molecule has 2 N–H and O–H groups in total. The number of hydrogen-bond donors (Lipinski definition) is 2. The van der Waals surface area contributed by atoms with E-state index in [1.54, 1.807) is 6.92 Å². The molecule has 5 nitrogen and oxygen atoms in total. The van der Waals surface area contributed by atoms with Crippen molar-refractivity contribution in [1.82, 2.24) is 5.32 Å². The van der Waals surface area contributed by atoms with Crippen molar-refractivity contribution >= 4 is 11.9 Å². The van der Waals surface area contributed by atoms with Crippen molar-refractivity contribution in [2.24, 2.45) is 5.92 Å². The predicted molar refractivity (Wildman–Crippen MR) is 71.4 cm³/mol. The van der Waals surface area contributed by atoms with Gasteiger partial charge in [-0.05, 0) is 24.1 Å². The summed E-state index contributed by atoms with van der Waals surface area (Å²) in [5.41, 5.74) is -0.861. The number of carboxylic acids is 1. The van der Waals surface area contributed by atoms with Crippen molar-refractivity contribution in [3.05, 3.63) is 29.8 Å². The van der Waals surface area contributed by atoms with E-state index in [0.29, 0.717) is 0 Å². The molecule has 1 amide bonds. The van der Waals surface area contributed by atoms with E-state index in [-0.39, 0.29) is 24.6 Å². The van der Waals surface area contributed by atoms with Gasteiger partial charge in [0, 0.05) is 13.0 Å². The molecule has 1 rings (SSSR count). The normalized spacial score (nSPS) is 12.5. The highest BCUT2D eigenvalue weighted by Crippen LogP contribution is 2.31. The van der Waals surface area contributed by atoms with Gasteiger partial charge in [-0.2, -0.15) is 13.2 Å². The number of carbonyl (C=O) groups excluding carboxylic acids is 1. The van der Waals surface area contributed by atoms with Gasteiger partial charge in [0.2, 0.25) is 0 Å². The molecule has 0 spiro atoms. The molecule has 0 heterocycles. The summed E-state index contributed by atoms with van der Waals surface area (Å²) in [6, 6.07) is 4.21. The van der Waals surface area contributed by atoms with Crippen molar-refractivity contribution in [3.8, 4) is 5.75 Å². The van der Waals surface area contributed by atoms with Gasteiger partial charge in [-0.3, -0.25) is 9.59 Å². The molecule has 1 aromatic carbocycles. The van der Waals surface area contributed by atoms with E-state index in [1.165, 1.54) is 12.1 Å². The number of benzene rings is 1. The Kier molecular flexibility index (Phi) is 6.21. The first-order chi connectivity index (χ1) is 10.2. The Morgan fingerprint density at radius 2 is 2.05 bits per heavy atom. The minimum atomic E-state index is -4.48. The molecule has 0 bridgehead atoms. The number of amides is 1. The Balaban J connectivity index is 2.43. The van der Waals surface area contributed by atoms with E-state index in [4.69, 9.17) is 9.84 Å². The van der Waals surface area contributed by atoms with Gasteiger partial charge in [-0.25, -0.2) is 0 Å². The van der Waals surface area contributed by atoms with Crippen molar-refractivity contribution in [1.29, 1.82) is 0 Å². The summed E-state index contributed by atoms with van der Waals surface area (Å²) in [4.78, 5) is 21.9. The summed E-state index contributed by atoms with van der Waals surface area (Å²) in [6.07, 6.45) is -4.57. The third-order valence-electron chi connectivity index (χ3n) is 2.70. The lowest BCUT2D eigenvalue weighted by molar-refractivity contribution is -0.138. The Hall–Kier alpha value is -2.25. The maximum absolute atomic E-state index is 12.5. The van der Waals surface area contributed by atoms with Gasteiger partial charge in [-0.15, -0.1) is 0 Å². The highest BCUT2D eigenvalue weighted by Gasteiger charge is 2.30. The van der Waals surface area contributed by atoms with Crippen LogP contribution >= 0.6 is 0 Å². The van der Waals surface area contributed by atoms with Gasteiger partial charge in [-0.1, -0.05) is 13.0 Å². The van der Waals surface area contributed by atoms with Crippen LogP contribution in [0.4, 0.5) is 13.2 Å². The second kappa shape index (κ2) is 7.67. The number of rotatable bonds is 7. The number of alkyl halides is 3. The van der Waals surface area contributed by atoms with E-state index in [2.05, 4.69) is 5.32 Å². The van der Waals surface area contributed by atoms with E-state index < -0.39 is 30.2 Å². The zero-order valence-corrected chi connectivity index (χ0v) is 11.8. The lowest BCUT2D eigenvalue weighted by Crippen LogP contribution is -2.33. The number of aliphatic carboxylic acids is 1. The van der Waals surface area contributed by atoms with Gasteiger partial charge < -0.3 is 15.2 Å². The number of halogens is 3. The Labute approximate surface area is 125 Å². The van der Waals surface area contributed by atoms with Gasteiger partial charge in [0.25, 0.3) is 5.91 Å². The molecule has 0 aliphatic heterocycles. The average Bonchev–Trinajstić information content (AvgIpc) is 2.41. The molecule has 0 aliphatic rings. The minimum Gasteiger partial charge on any atom is -0.484 e. The van der Waals surface area contributed by atoms with Gasteiger partial charge in [0.05, 0.1) is 5.56 Å². The molecule has 0 radical (unpaired) electrons. The lowest BCUT2D eigenvalue weighted by Gasteiger charge is -2.12. The molecule has 1 unspecified atom stereocenters. The average molecular weight is 319 g/mol. The number of hydrogen-bond acceptors (Lipinski definition) is 3. The van der Waals surface area contributed by atoms with Crippen molar-refractivity contribution < 1.29 is 32.6 Å². The van der Waals surface area contributed by atoms with Gasteiger partial charge in [0.1, 0.15) is 5.75 Å². The number of carbonyl (C=O) groups is 2. The van der Waals surface area contributed by atoms with Crippen LogP contribution in [0, 0.1) is 5.92 Å². The summed E-state index contributed by atoms with van der Waals surface area (Å²) in [7, 11) is 0. The third kappa shape index (κ3) is 6.47. The van der Waals surface area contributed by atoms with Crippen molar-refractivity contribution in [2.75, 3.05) is 13.2 Å². The largest absolute Gasteiger partial charge is 0.484 e. The molecule has 1 aromatic rings. The molecular formula is C14H16F3NO4. The molecule has 0 saturated heterocycles. The fraction of sp³-hybridized carbons (Fsp3) is 0.429. The summed E-state index contributed by atoms with van der Waals surface area (Å²) >= 11 is 0. The Morgan fingerprint density at radius 1 is 1.36 bits per heavy atom. The molecule has 1 atom stereocenters. The maximum atomic E-state index is 12.5. The molecule has 0 aromatic heterocycles. The lowest BCUT2D eigenvalue weighted by atomic mass is 10.1. The fourth-order valence-corrected chi connectivity index (χ4v) is 1.62. The Morgan fingerprint density at radius 3 is 2.64 bits per heavy atom. The van der Waals surface area contributed by atoms with E-state index in [0.717, 1.165) is 12.1 Å². The SMILES string of the molecule is CC(CNC(=O)COc1cccc(C(F)(F)F)c1)CC(=O)O. The smallest absolute Gasteiger partial charge is 0.416 e. The second-order valence-corrected chi connectivity index (χ2v) is 4.82.